The molecule has 1 amide bonds. The van der Waals surface area contributed by atoms with Gasteiger partial charge < -0.3 is 9.88 Å². The molecule has 4 heterocycles. The highest BCUT2D eigenvalue weighted by atomic mass is 32.2. The van der Waals surface area contributed by atoms with E-state index in [2.05, 4.69) is 15.0 Å². The van der Waals surface area contributed by atoms with Gasteiger partial charge in [-0.3, -0.25) is 9.59 Å². The number of fused-ring (bicyclic) bond motifs is 3. The van der Waals surface area contributed by atoms with Crippen LogP contribution in [0.5, 0.6) is 0 Å². The van der Waals surface area contributed by atoms with Crippen LogP contribution in [-0.2, 0) is 23.4 Å². The second-order valence-electron chi connectivity index (χ2n) is 7.59. The summed E-state index contributed by atoms with van der Waals surface area (Å²) in [5.74, 6) is 2.14. The van der Waals surface area contributed by atoms with Crippen molar-refractivity contribution in [2.75, 3.05) is 18.8 Å². The van der Waals surface area contributed by atoms with Gasteiger partial charge in [0, 0.05) is 35.5 Å². The van der Waals surface area contributed by atoms with E-state index in [1.54, 1.807) is 22.7 Å². The Labute approximate surface area is 180 Å². The number of thiophene rings is 1. The number of nitrogens with one attached hydrogen (secondary N) is 1. The molecule has 152 valence electrons. The molecule has 9 heteroatoms. The molecule has 1 aliphatic heterocycles. The van der Waals surface area contributed by atoms with Crippen molar-refractivity contribution in [3.05, 3.63) is 43.2 Å². The minimum absolute atomic E-state index is 0.0290. The van der Waals surface area contributed by atoms with Crippen molar-refractivity contribution in [3.63, 3.8) is 0 Å². The Morgan fingerprint density at radius 1 is 1.34 bits per heavy atom. The Morgan fingerprint density at radius 3 is 3.14 bits per heavy atom. The maximum Gasteiger partial charge on any atom is 0.259 e. The summed E-state index contributed by atoms with van der Waals surface area (Å²) in [5, 5.41) is 3.92. The molecule has 3 aromatic rings. The minimum Gasteiger partial charge on any atom is -0.341 e. The second kappa shape index (κ2) is 8.20. The lowest BCUT2D eigenvalue weighted by Crippen LogP contribution is -2.40. The molecule has 1 fully saturated rings. The van der Waals surface area contributed by atoms with Crippen molar-refractivity contribution >= 4 is 50.6 Å². The van der Waals surface area contributed by atoms with E-state index >= 15 is 0 Å². The van der Waals surface area contributed by atoms with Crippen molar-refractivity contribution in [1.29, 1.82) is 0 Å². The molecule has 0 spiro atoms. The van der Waals surface area contributed by atoms with E-state index in [4.69, 9.17) is 0 Å². The summed E-state index contributed by atoms with van der Waals surface area (Å²) in [6, 6.07) is 0. The first kappa shape index (κ1) is 19.3. The first-order valence-electron chi connectivity index (χ1n) is 9.97. The average molecular weight is 447 g/mol. The molecule has 0 saturated carbocycles. The summed E-state index contributed by atoms with van der Waals surface area (Å²) in [6.07, 6.45) is 7.14. The molecule has 1 unspecified atom stereocenters. The van der Waals surface area contributed by atoms with Gasteiger partial charge in [0.1, 0.15) is 10.7 Å². The monoisotopic (exact) mass is 446 g/mol. The number of nitrogens with zero attached hydrogens (tertiary/aromatic N) is 3. The first-order chi connectivity index (χ1) is 14.2. The zero-order chi connectivity index (χ0) is 19.8. The molecule has 3 aromatic heterocycles. The predicted octanol–water partition coefficient (Wildman–Crippen LogP) is 3.57. The number of H-pyrrole nitrogens is 1. The molecular weight excluding hydrogens is 424 g/mol. The van der Waals surface area contributed by atoms with Crippen LogP contribution in [-0.4, -0.2) is 44.6 Å². The van der Waals surface area contributed by atoms with Crippen LogP contribution >= 0.6 is 34.4 Å². The largest absolute Gasteiger partial charge is 0.341 e. The van der Waals surface area contributed by atoms with E-state index in [-0.39, 0.29) is 11.5 Å². The fraction of sp³-hybridized carbons (Fsp3) is 0.500. The zero-order valence-corrected chi connectivity index (χ0v) is 18.4. The van der Waals surface area contributed by atoms with E-state index in [1.165, 1.54) is 22.2 Å². The number of thiazole rings is 1. The van der Waals surface area contributed by atoms with Gasteiger partial charge in [0.2, 0.25) is 5.91 Å². The number of aromatic amines is 1. The Balaban J connectivity index is 1.20. The van der Waals surface area contributed by atoms with Gasteiger partial charge >= 0.3 is 0 Å². The molecule has 0 radical (unpaired) electrons. The molecule has 2 aliphatic rings. The van der Waals surface area contributed by atoms with E-state index in [9.17, 15) is 9.59 Å². The molecule has 1 N–H and O–H groups in total. The third-order valence-electron chi connectivity index (χ3n) is 5.66. The smallest absolute Gasteiger partial charge is 0.259 e. The number of rotatable bonds is 5. The average Bonchev–Trinajstić information content (AvgIpc) is 3.45. The third-order valence-corrected chi connectivity index (χ3v) is 8.72. The van der Waals surface area contributed by atoms with Crippen molar-refractivity contribution in [3.8, 4) is 0 Å². The van der Waals surface area contributed by atoms with E-state index in [0.717, 1.165) is 60.4 Å². The van der Waals surface area contributed by atoms with Gasteiger partial charge in [-0.1, -0.05) is 0 Å². The second-order valence-corrected chi connectivity index (χ2v) is 10.6. The van der Waals surface area contributed by atoms with E-state index in [1.807, 2.05) is 16.5 Å². The minimum atomic E-state index is -0.0290. The lowest BCUT2D eigenvalue weighted by molar-refractivity contribution is -0.129. The third kappa shape index (κ3) is 3.87. The maximum absolute atomic E-state index is 12.7. The van der Waals surface area contributed by atoms with Crippen LogP contribution in [0.25, 0.3) is 10.2 Å². The quantitative estimate of drug-likeness (QED) is 0.648. The van der Waals surface area contributed by atoms with Crippen molar-refractivity contribution in [2.24, 2.45) is 0 Å². The van der Waals surface area contributed by atoms with Crippen LogP contribution in [0.2, 0.25) is 0 Å². The fourth-order valence-corrected chi connectivity index (χ4v) is 7.12. The molecule has 29 heavy (non-hydrogen) atoms. The van der Waals surface area contributed by atoms with E-state index in [0.29, 0.717) is 23.2 Å². The van der Waals surface area contributed by atoms with Crippen molar-refractivity contribution in [2.45, 2.75) is 43.8 Å². The maximum atomic E-state index is 12.7. The summed E-state index contributed by atoms with van der Waals surface area (Å²) in [5.41, 5.74) is 1.17. The van der Waals surface area contributed by atoms with Crippen LogP contribution in [0.15, 0.2) is 16.4 Å². The molecule has 6 nitrogen and oxygen atoms in total. The van der Waals surface area contributed by atoms with Crippen molar-refractivity contribution in [1.82, 2.24) is 19.9 Å². The Morgan fingerprint density at radius 2 is 2.28 bits per heavy atom. The number of aryl methyl sites for hydroxylation is 2. The molecule has 1 saturated heterocycles. The van der Waals surface area contributed by atoms with Gasteiger partial charge in [-0.05, 0) is 37.7 Å². The summed E-state index contributed by atoms with van der Waals surface area (Å²) in [6.45, 7) is 1.58. The summed E-state index contributed by atoms with van der Waals surface area (Å²) in [4.78, 5) is 41.4. The lowest BCUT2D eigenvalue weighted by atomic mass is 9.99. The standard InChI is InChI=1S/C20H22N4O2S3/c25-16(24-7-2-3-12(9-24)19-21-6-8-28-19)11-27-10-15-22-18(26)17-13-4-1-5-14(13)29-20(17)23-15/h6,8,12H,1-5,7,9-11H2,(H,22,23,26). The van der Waals surface area contributed by atoms with Gasteiger partial charge in [-0.15, -0.1) is 34.4 Å². The van der Waals surface area contributed by atoms with Crippen molar-refractivity contribution < 1.29 is 4.79 Å². The number of piperidine rings is 1. The molecule has 0 aromatic carbocycles. The van der Waals surface area contributed by atoms with Gasteiger partial charge in [0.05, 0.1) is 21.9 Å². The topological polar surface area (TPSA) is 79.0 Å². The number of amides is 1. The SMILES string of the molecule is O=C(CSCc1nc2sc3c(c2c(=O)[nH]1)CCC3)N1CCCC(c2nccs2)C1. The zero-order valence-electron chi connectivity index (χ0n) is 16.0. The van der Waals surface area contributed by atoms with Crippen LogP contribution in [0, 0.1) is 0 Å². The summed E-state index contributed by atoms with van der Waals surface area (Å²) in [7, 11) is 0. The van der Waals surface area contributed by atoms with E-state index < -0.39 is 0 Å². The first-order valence-corrected chi connectivity index (χ1v) is 12.8. The number of thioether (sulfide) groups is 1. The van der Waals surface area contributed by atoms with Crippen LogP contribution < -0.4 is 5.56 Å². The lowest BCUT2D eigenvalue weighted by Gasteiger charge is -2.31. The van der Waals surface area contributed by atoms with Gasteiger partial charge in [-0.2, -0.15) is 0 Å². The van der Waals surface area contributed by atoms with Crippen LogP contribution in [0.1, 0.15) is 46.5 Å². The summed E-state index contributed by atoms with van der Waals surface area (Å²) >= 11 is 4.85. The predicted molar refractivity (Wildman–Crippen MR) is 119 cm³/mol. The van der Waals surface area contributed by atoms with Gasteiger partial charge in [0.25, 0.3) is 5.56 Å². The Kier molecular flexibility index (Phi) is 5.45. The Hall–Kier alpha value is -1.71. The molecule has 5 rings (SSSR count). The highest BCUT2D eigenvalue weighted by molar-refractivity contribution is 7.99. The van der Waals surface area contributed by atoms with Gasteiger partial charge in [0.15, 0.2) is 0 Å². The number of likely N-dealkylation sites (tertiary alicyclic amines) is 1. The number of aromatic nitrogens is 3. The van der Waals surface area contributed by atoms with Crippen LogP contribution in [0.4, 0.5) is 0 Å². The van der Waals surface area contributed by atoms with Gasteiger partial charge in [-0.25, -0.2) is 9.97 Å². The molecule has 1 aliphatic carbocycles. The molecule has 1 atom stereocenters. The molecule has 0 bridgehead atoms. The number of hydrogen-bond acceptors (Lipinski definition) is 7. The highest BCUT2D eigenvalue weighted by Crippen LogP contribution is 2.34. The number of hydrogen-bond donors (Lipinski definition) is 1. The van der Waals surface area contributed by atoms with Crippen LogP contribution in [0.3, 0.4) is 0 Å². The Bertz CT molecular complexity index is 1090. The number of carbonyl (C=O) groups excluding carboxylic acids is 1. The number of carbonyl (C=O) groups is 1. The summed E-state index contributed by atoms with van der Waals surface area (Å²) < 4.78 is 0. The fourth-order valence-electron chi connectivity index (χ4n) is 4.28. The molecular formula is C20H22N4O2S3. The normalized spacial score (nSPS) is 19.0. The highest BCUT2D eigenvalue weighted by Gasteiger charge is 2.26.